The number of carbonyl (C=O) groups is 3. The molecule has 69 heavy (non-hydrogen) atoms. The van der Waals surface area contributed by atoms with Gasteiger partial charge in [-0.05, 0) is 108 Å². The van der Waals surface area contributed by atoms with Crippen LogP contribution in [-0.4, -0.2) is 178 Å². The first-order chi connectivity index (χ1) is 32.4. The van der Waals surface area contributed by atoms with E-state index in [2.05, 4.69) is 15.6 Å². The topological polar surface area (TPSA) is 224 Å². The number of aromatic nitrogens is 3. The summed E-state index contributed by atoms with van der Waals surface area (Å²) in [6, 6.07) is -0.380. The molecule has 5 heterocycles. The first-order valence-corrected chi connectivity index (χ1v) is 25.3. The van der Waals surface area contributed by atoms with Gasteiger partial charge in [-0.3, -0.25) is 9.69 Å². The molecule has 1 aliphatic carbocycles. The number of nitrogens with zero attached hydrogens (tertiary/aromatic N) is 5. The van der Waals surface area contributed by atoms with E-state index in [1.165, 1.54) is 13.5 Å². The summed E-state index contributed by atoms with van der Waals surface area (Å²) in [6.45, 7) is 18.8. The highest BCUT2D eigenvalue weighted by molar-refractivity contribution is 5.73. The summed E-state index contributed by atoms with van der Waals surface area (Å²) in [7, 11) is 7.21. The van der Waals surface area contributed by atoms with Crippen LogP contribution in [0.2, 0.25) is 0 Å². The van der Waals surface area contributed by atoms with E-state index in [0.717, 1.165) is 25.7 Å². The van der Waals surface area contributed by atoms with Crippen molar-refractivity contribution in [2.24, 2.45) is 17.8 Å². The van der Waals surface area contributed by atoms with Crippen LogP contribution in [0.3, 0.4) is 0 Å². The highest BCUT2D eigenvalue weighted by Gasteiger charge is 2.58. The second-order valence-electron chi connectivity index (χ2n) is 21.8. The number of hydrogen-bond donors (Lipinski definition) is 3. The molecule has 1 aromatic rings. The minimum atomic E-state index is -1.60. The number of methoxy groups -OCH3 is 1. The summed E-state index contributed by atoms with van der Waals surface area (Å²) in [5.74, 6) is -2.67. The van der Waals surface area contributed by atoms with Crippen molar-refractivity contribution < 1.29 is 67.2 Å². The van der Waals surface area contributed by atoms with Crippen molar-refractivity contribution in [3.05, 3.63) is 11.9 Å². The van der Waals surface area contributed by atoms with Crippen LogP contribution < -0.4 is 5.32 Å². The van der Waals surface area contributed by atoms with Gasteiger partial charge in [0.15, 0.2) is 30.4 Å². The van der Waals surface area contributed by atoms with Crippen molar-refractivity contribution in [1.82, 2.24) is 30.1 Å². The molecule has 0 unspecified atom stereocenters. The third-order valence-corrected chi connectivity index (χ3v) is 15.8. The van der Waals surface area contributed by atoms with Crippen LogP contribution in [0, 0.1) is 17.8 Å². The first kappa shape index (κ1) is 55.1. The molecule has 3 N–H and O–H groups in total. The van der Waals surface area contributed by atoms with Crippen molar-refractivity contribution in [3.8, 4) is 0 Å². The van der Waals surface area contributed by atoms with Gasteiger partial charge in [0.25, 0.3) is 0 Å². The molecule has 5 fully saturated rings. The monoisotopic (exact) mass is 981 g/mol. The average molecular weight is 981 g/mol. The van der Waals surface area contributed by atoms with E-state index >= 15 is 0 Å². The number of ether oxygens (including phenoxy) is 9. The quantitative estimate of drug-likeness (QED) is 0.193. The number of alkyl carbamates (subject to hydrolysis) is 1. The summed E-state index contributed by atoms with van der Waals surface area (Å²) in [5.41, 5.74) is -3.48. The molecule has 1 aromatic heterocycles. The van der Waals surface area contributed by atoms with Gasteiger partial charge in [-0.2, -0.15) is 0 Å². The number of rotatable bonds is 11. The van der Waals surface area contributed by atoms with Gasteiger partial charge in [-0.25, -0.2) is 14.3 Å². The van der Waals surface area contributed by atoms with Gasteiger partial charge in [-0.15, -0.1) is 5.10 Å². The molecular weight excluding hydrogens is 897 g/mol. The van der Waals surface area contributed by atoms with Gasteiger partial charge in [0.05, 0.1) is 54.7 Å². The van der Waals surface area contributed by atoms with Gasteiger partial charge in [-0.1, -0.05) is 45.2 Å². The Kier molecular flexibility index (Phi) is 18.1. The normalized spacial score (nSPS) is 42.4. The predicted molar refractivity (Wildman–Crippen MR) is 251 cm³/mol. The Bertz CT molecular complexity index is 1870. The van der Waals surface area contributed by atoms with E-state index in [4.69, 9.17) is 42.6 Å². The molecule has 1 amide bonds. The number of amides is 1. The Labute approximate surface area is 409 Å². The minimum Gasteiger partial charge on any atom is -0.458 e. The molecule has 4 saturated heterocycles. The van der Waals surface area contributed by atoms with Crippen molar-refractivity contribution in [2.75, 3.05) is 34.8 Å². The largest absolute Gasteiger partial charge is 0.509 e. The number of cyclic esters (lactones) is 1. The lowest BCUT2D eigenvalue weighted by Gasteiger charge is -2.49. The Morgan fingerprint density at radius 3 is 2.33 bits per heavy atom. The van der Waals surface area contributed by atoms with Gasteiger partial charge in [0.1, 0.15) is 23.5 Å². The smallest absolute Gasteiger partial charge is 0.458 e. The molecule has 4 aliphatic heterocycles. The highest BCUT2D eigenvalue weighted by Crippen LogP contribution is 2.42. The summed E-state index contributed by atoms with van der Waals surface area (Å²) in [6.07, 6.45) is -1.99. The van der Waals surface area contributed by atoms with Crippen LogP contribution in [0.4, 0.5) is 9.59 Å². The van der Waals surface area contributed by atoms with Crippen molar-refractivity contribution in [2.45, 2.75) is 230 Å². The zero-order valence-corrected chi connectivity index (χ0v) is 43.6. The van der Waals surface area contributed by atoms with E-state index < -0.39 is 102 Å². The summed E-state index contributed by atoms with van der Waals surface area (Å²) in [4.78, 5) is 45.0. The van der Waals surface area contributed by atoms with Crippen molar-refractivity contribution in [3.63, 3.8) is 0 Å². The lowest BCUT2D eigenvalue weighted by atomic mass is 9.77. The molecule has 0 radical (unpaired) electrons. The standard InChI is InChI=1S/C49H84N6O14/c1-15-36-49(10)41(68-46(59)69-49)31(6)54(13)25-27(2)22-47(8,60)40(66-44-38(56)35(53(11)12)21-28(3)62-44)29(4)39(30(5)43(57)64-36)65-37-23-48(9,61-14)42(32(7)63-37)67-45(58)50-24-33-26-55(52-51-33)34-19-17-16-18-20-34/h26-32,34-42,44,56,60H,15-25H2,1-14H3,(H,50,58)/t27-,28-,29+,30-,31-,32+,35+,36+,37+,38-,39-,40-,41+,42+,44+,47-,48-,49-/m1/s1. The maximum Gasteiger partial charge on any atom is 0.509 e. The van der Waals surface area contributed by atoms with Crippen molar-refractivity contribution in [1.29, 1.82) is 0 Å². The molecule has 1 saturated carbocycles. The Morgan fingerprint density at radius 2 is 1.68 bits per heavy atom. The SMILES string of the molecule is CC[C@@H]1OC(=O)[C@H](C)[C@H](O[C@H]2C[C@@](C)(OC)[C@@H](OC(=O)NCc3cn(C4CCCCC4)nn3)[C@H](C)O2)[C@H](C)[C@@H](O[C@@H]2O[C@H](C)C[C@H](N(C)C)[C@H]2O)[C@](C)(O)C[C@@H](C)CN(C)[C@H](C)[C@@H]2OC(=O)O[C@]12C. The molecule has 5 aliphatic rings. The summed E-state index contributed by atoms with van der Waals surface area (Å²) in [5, 5.41) is 36.0. The zero-order chi connectivity index (χ0) is 50.7. The van der Waals surface area contributed by atoms with Crippen LogP contribution in [0.5, 0.6) is 0 Å². The second-order valence-corrected chi connectivity index (χ2v) is 21.8. The van der Waals surface area contributed by atoms with E-state index in [1.807, 2.05) is 83.4 Å². The van der Waals surface area contributed by atoms with Gasteiger partial charge >= 0.3 is 18.2 Å². The summed E-state index contributed by atoms with van der Waals surface area (Å²) < 4.78 is 58.7. The summed E-state index contributed by atoms with van der Waals surface area (Å²) >= 11 is 0. The van der Waals surface area contributed by atoms with Crippen LogP contribution in [-0.2, 0) is 54.0 Å². The molecule has 18 atom stereocenters. The zero-order valence-electron chi connectivity index (χ0n) is 43.6. The number of likely N-dealkylation sites (N-methyl/N-ethyl adjacent to an activating group) is 2. The fourth-order valence-corrected chi connectivity index (χ4v) is 11.8. The Morgan fingerprint density at radius 1 is 0.986 bits per heavy atom. The van der Waals surface area contributed by atoms with Crippen LogP contribution in [0.15, 0.2) is 6.20 Å². The maximum absolute atomic E-state index is 14.8. The van der Waals surface area contributed by atoms with E-state index in [9.17, 15) is 24.6 Å². The molecule has 0 spiro atoms. The fraction of sp³-hybridized carbons (Fsp3) is 0.898. The Balaban J connectivity index is 1.29. The number of fused-ring (bicyclic) bond motifs is 1. The number of aliphatic hydroxyl groups is 2. The molecule has 0 bridgehead atoms. The number of nitrogens with one attached hydrogen (secondary N) is 1. The van der Waals surface area contributed by atoms with E-state index in [1.54, 1.807) is 27.7 Å². The fourth-order valence-electron chi connectivity index (χ4n) is 11.8. The van der Waals surface area contributed by atoms with Gasteiger partial charge in [0, 0.05) is 38.1 Å². The molecule has 0 aromatic carbocycles. The lowest BCUT2D eigenvalue weighted by Crippen LogP contribution is -2.61. The first-order valence-electron chi connectivity index (χ1n) is 25.3. The average Bonchev–Trinajstić information content (AvgIpc) is 3.90. The molecular formula is C49H84N6O14. The van der Waals surface area contributed by atoms with E-state index in [0.29, 0.717) is 31.1 Å². The third-order valence-electron chi connectivity index (χ3n) is 15.8. The molecule has 20 heteroatoms. The Hall–Kier alpha value is -3.21. The van der Waals surface area contributed by atoms with Crippen molar-refractivity contribution >= 4 is 18.2 Å². The number of aliphatic hydroxyl groups excluding tert-OH is 1. The molecule has 20 nitrogen and oxygen atoms in total. The maximum atomic E-state index is 14.8. The predicted octanol–water partition coefficient (Wildman–Crippen LogP) is 5.11. The minimum absolute atomic E-state index is 0.0623. The second kappa shape index (κ2) is 22.7. The molecule has 394 valence electrons. The highest BCUT2D eigenvalue weighted by atomic mass is 16.8. The van der Waals surface area contributed by atoms with Gasteiger partial charge in [0.2, 0.25) is 0 Å². The van der Waals surface area contributed by atoms with Crippen LogP contribution >= 0.6 is 0 Å². The number of esters is 1. The van der Waals surface area contributed by atoms with Crippen LogP contribution in [0.1, 0.15) is 139 Å². The number of hydrogen-bond acceptors (Lipinski definition) is 18. The van der Waals surface area contributed by atoms with E-state index in [-0.39, 0.29) is 43.5 Å². The third kappa shape index (κ3) is 12.5. The van der Waals surface area contributed by atoms with Gasteiger partial charge < -0.3 is 63.1 Å². The number of carbonyl (C=O) groups excluding carboxylic acids is 3. The molecule has 6 rings (SSSR count). The lowest BCUT2D eigenvalue weighted by molar-refractivity contribution is -0.317. The van der Waals surface area contributed by atoms with Crippen LogP contribution in [0.25, 0.3) is 0 Å².